The molecule has 0 aliphatic carbocycles. The second-order valence-electron chi connectivity index (χ2n) is 9.20. The van der Waals surface area contributed by atoms with Gasteiger partial charge in [-0.05, 0) is 30.3 Å². The first-order valence-electron chi connectivity index (χ1n) is 11.0. The molecule has 4 aromatic rings. The number of rotatable bonds is 10. The first-order valence-corrected chi connectivity index (χ1v) is 12.2. The van der Waals surface area contributed by atoms with Crippen molar-refractivity contribution in [3.05, 3.63) is 52.0 Å². The molecular formula is C25H27BrClN4O4+. The van der Waals surface area contributed by atoms with Crippen LogP contribution in [-0.2, 0) is 14.3 Å². The van der Waals surface area contributed by atoms with E-state index >= 15 is 0 Å². The van der Waals surface area contributed by atoms with Crippen molar-refractivity contribution in [3.8, 4) is 17.1 Å². The highest BCUT2D eigenvalue weighted by molar-refractivity contribution is 9.10. The summed E-state index contributed by atoms with van der Waals surface area (Å²) < 4.78 is 12.2. The van der Waals surface area contributed by atoms with Crippen LogP contribution in [0.2, 0.25) is 5.02 Å². The number of nitrogens with one attached hydrogen (secondary N) is 3. The number of ether oxygens (including phenoxy) is 2. The van der Waals surface area contributed by atoms with E-state index in [1.165, 1.54) is 0 Å². The van der Waals surface area contributed by atoms with Gasteiger partial charge in [0.25, 0.3) is 12.4 Å². The summed E-state index contributed by atoms with van der Waals surface area (Å²) in [5.41, 5.74) is 3.75. The molecule has 8 nitrogen and oxygen atoms in total. The minimum atomic E-state index is -0.355. The SMILES string of the molecule is C[N+](C)(C)C(CCNC(=O)COc1cc2[nH]c(-c3cc4ccc(Br)cc4[nH]3)cc2cc1Cl)OC=O. The summed E-state index contributed by atoms with van der Waals surface area (Å²) in [6, 6.07) is 13.8. The molecule has 0 aliphatic rings. The van der Waals surface area contributed by atoms with Crippen molar-refractivity contribution in [3.63, 3.8) is 0 Å². The Balaban J connectivity index is 1.40. The molecule has 4 rings (SSSR count). The van der Waals surface area contributed by atoms with Crippen LogP contribution in [0.4, 0.5) is 0 Å². The lowest BCUT2D eigenvalue weighted by molar-refractivity contribution is -0.916. The number of hydrogen-bond donors (Lipinski definition) is 3. The number of carbonyl (C=O) groups is 2. The predicted molar refractivity (Wildman–Crippen MR) is 140 cm³/mol. The standard InChI is InChI=1S/C25H26BrClN4O4/c1-31(2,3)25(35-14-32)6-7-28-24(33)13-34-23-12-20-16(8-18(23)27)10-22(30-20)21-9-15-4-5-17(26)11-19(15)29-21/h4-5,8-12,14,25,29-30H,6-7,13H2,1-3H3/p+1. The van der Waals surface area contributed by atoms with Crippen LogP contribution in [0.5, 0.6) is 5.75 Å². The first kappa shape index (κ1) is 25.1. The maximum Gasteiger partial charge on any atom is 0.297 e. The highest BCUT2D eigenvalue weighted by Crippen LogP contribution is 2.33. The van der Waals surface area contributed by atoms with Crippen LogP contribution in [0.3, 0.4) is 0 Å². The van der Waals surface area contributed by atoms with Gasteiger partial charge in [0.05, 0.1) is 44.0 Å². The number of quaternary nitrogens is 1. The van der Waals surface area contributed by atoms with Crippen LogP contribution in [-0.4, -0.2) is 67.4 Å². The lowest BCUT2D eigenvalue weighted by Crippen LogP contribution is -2.48. The highest BCUT2D eigenvalue weighted by atomic mass is 79.9. The molecule has 0 bridgehead atoms. The zero-order valence-electron chi connectivity index (χ0n) is 19.7. The largest absolute Gasteiger partial charge is 0.482 e. The van der Waals surface area contributed by atoms with E-state index in [1.54, 1.807) is 6.07 Å². The van der Waals surface area contributed by atoms with Crippen LogP contribution in [0.25, 0.3) is 33.2 Å². The van der Waals surface area contributed by atoms with E-state index in [9.17, 15) is 9.59 Å². The van der Waals surface area contributed by atoms with E-state index in [-0.39, 0.29) is 18.7 Å². The molecule has 0 fully saturated rings. The Hall–Kier alpha value is -3.01. The normalized spacial score (nSPS) is 12.6. The van der Waals surface area contributed by atoms with Crippen molar-refractivity contribution in [2.75, 3.05) is 34.3 Å². The van der Waals surface area contributed by atoms with Gasteiger partial charge in [-0.2, -0.15) is 0 Å². The van der Waals surface area contributed by atoms with Crippen molar-refractivity contribution in [2.24, 2.45) is 0 Å². The van der Waals surface area contributed by atoms with Gasteiger partial charge in [-0.1, -0.05) is 33.6 Å². The number of nitrogens with zero attached hydrogens (tertiary/aromatic N) is 1. The molecule has 184 valence electrons. The Bertz CT molecular complexity index is 1380. The summed E-state index contributed by atoms with van der Waals surface area (Å²) in [5.74, 6) is 0.126. The molecule has 0 radical (unpaired) electrons. The van der Waals surface area contributed by atoms with Crippen LogP contribution in [0, 0.1) is 0 Å². The summed E-state index contributed by atoms with van der Waals surface area (Å²) in [6.45, 7) is 0.601. The average Bonchev–Trinajstić information content (AvgIpc) is 3.39. The molecule has 1 unspecified atom stereocenters. The highest BCUT2D eigenvalue weighted by Gasteiger charge is 2.24. The van der Waals surface area contributed by atoms with Crippen molar-refractivity contribution < 1.29 is 23.5 Å². The molecule has 0 saturated heterocycles. The van der Waals surface area contributed by atoms with Gasteiger partial charge in [0.15, 0.2) is 6.61 Å². The second kappa shape index (κ2) is 10.3. The molecule has 0 saturated carbocycles. The second-order valence-corrected chi connectivity index (χ2v) is 10.5. The van der Waals surface area contributed by atoms with Crippen LogP contribution in [0.15, 0.2) is 46.9 Å². The fourth-order valence-electron chi connectivity index (χ4n) is 3.86. The molecule has 2 aromatic heterocycles. The van der Waals surface area contributed by atoms with Crippen molar-refractivity contribution in [1.29, 1.82) is 0 Å². The van der Waals surface area contributed by atoms with E-state index in [4.69, 9.17) is 21.1 Å². The number of amides is 1. The monoisotopic (exact) mass is 561 g/mol. The molecule has 0 spiro atoms. The average molecular weight is 563 g/mol. The number of benzene rings is 2. The molecule has 2 aromatic carbocycles. The van der Waals surface area contributed by atoms with E-state index in [0.717, 1.165) is 37.7 Å². The lowest BCUT2D eigenvalue weighted by atomic mass is 10.2. The quantitative estimate of drug-likeness (QED) is 0.147. The van der Waals surface area contributed by atoms with Crippen molar-refractivity contribution >= 4 is 61.7 Å². The van der Waals surface area contributed by atoms with Crippen LogP contribution < -0.4 is 10.1 Å². The van der Waals surface area contributed by atoms with Gasteiger partial charge in [-0.25, -0.2) is 0 Å². The minimum absolute atomic E-state index is 0.181. The zero-order chi connectivity index (χ0) is 25.2. The van der Waals surface area contributed by atoms with Gasteiger partial charge in [0, 0.05) is 38.9 Å². The van der Waals surface area contributed by atoms with Crippen LogP contribution >= 0.6 is 27.5 Å². The third-order valence-electron chi connectivity index (χ3n) is 5.70. The molecule has 2 heterocycles. The summed E-state index contributed by atoms with van der Waals surface area (Å²) in [7, 11) is 5.75. The molecule has 1 amide bonds. The Kier molecular flexibility index (Phi) is 7.39. The Morgan fingerprint density at radius 3 is 2.46 bits per heavy atom. The predicted octanol–water partition coefficient (Wildman–Crippen LogP) is 4.82. The van der Waals surface area contributed by atoms with E-state index in [1.807, 2.05) is 51.5 Å². The fourth-order valence-corrected chi connectivity index (χ4v) is 4.45. The molecule has 3 N–H and O–H groups in total. The molecule has 35 heavy (non-hydrogen) atoms. The van der Waals surface area contributed by atoms with E-state index < -0.39 is 0 Å². The van der Waals surface area contributed by atoms with Gasteiger partial charge in [-0.3, -0.25) is 14.1 Å². The Morgan fingerprint density at radius 2 is 1.77 bits per heavy atom. The number of halogens is 2. The van der Waals surface area contributed by atoms with E-state index in [0.29, 0.717) is 34.7 Å². The topological polar surface area (TPSA) is 96.2 Å². The van der Waals surface area contributed by atoms with E-state index in [2.05, 4.69) is 37.3 Å². The number of hydrogen-bond acceptors (Lipinski definition) is 4. The van der Waals surface area contributed by atoms with Crippen molar-refractivity contribution in [2.45, 2.75) is 12.6 Å². The number of H-pyrrole nitrogens is 2. The van der Waals surface area contributed by atoms with Gasteiger partial charge in [0.1, 0.15) is 5.75 Å². The summed E-state index contributed by atoms with van der Waals surface area (Å²) in [4.78, 5) is 29.8. The van der Waals surface area contributed by atoms with Crippen molar-refractivity contribution in [1.82, 2.24) is 15.3 Å². The fraction of sp³-hybridized carbons (Fsp3) is 0.280. The summed E-state index contributed by atoms with van der Waals surface area (Å²) in [6.07, 6.45) is 0.128. The molecule has 1 atom stereocenters. The summed E-state index contributed by atoms with van der Waals surface area (Å²) >= 11 is 9.92. The maximum absolute atomic E-state index is 12.3. The number of aromatic nitrogens is 2. The summed E-state index contributed by atoms with van der Waals surface area (Å²) in [5, 5.41) is 5.25. The van der Waals surface area contributed by atoms with Gasteiger partial charge >= 0.3 is 0 Å². The van der Waals surface area contributed by atoms with Gasteiger partial charge in [0.2, 0.25) is 6.23 Å². The third kappa shape index (κ3) is 5.98. The minimum Gasteiger partial charge on any atom is -0.482 e. The molecule has 0 aliphatic heterocycles. The van der Waals surface area contributed by atoms with Gasteiger partial charge < -0.3 is 24.8 Å². The molecule has 10 heteroatoms. The number of fused-ring (bicyclic) bond motifs is 2. The Labute approximate surface area is 216 Å². The zero-order valence-corrected chi connectivity index (χ0v) is 22.0. The smallest absolute Gasteiger partial charge is 0.297 e. The number of carbonyl (C=O) groups excluding carboxylic acids is 2. The number of aromatic amines is 2. The van der Waals surface area contributed by atoms with Gasteiger partial charge in [-0.15, -0.1) is 0 Å². The Morgan fingerprint density at radius 1 is 1.09 bits per heavy atom. The third-order valence-corrected chi connectivity index (χ3v) is 6.49. The molecular weight excluding hydrogens is 536 g/mol. The van der Waals surface area contributed by atoms with Crippen LogP contribution in [0.1, 0.15) is 6.42 Å². The lowest BCUT2D eigenvalue weighted by Gasteiger charge is -2.32. The maximum atomic E-state index is 12.3. The first-order chi connectivity index (χ1) is 16.6.